The van der Waals surface area contributed by atoms with Gasteiger partial charge in [0.05, 0.1) is 18.1 Å². The Balaban J connectivity index is 0.000000142. The number of aromatic nitrogens is 10. The van der Waals surface area contributed by atoms with Gasteiger partial charge < -0.3 is 4.90 Å². The number of nitrogens with zero attached hydrogens (tertiary/aromatic N) is 12. The predicted molar refractivity (Wildman–Crippen MR) is 239 cm³/mol. The monoisotopic (exact) mass is 873 g/mol. The van der Waals surface area contributed by atoms with Gasteiger partial charge in [0.25, 0.3) is 0 Å². The minimum absolute atomic E-state index is 0.120. The van der Waals surface area contributed by atoms with Crippen LogP contribution in [0.4, 0.5) is 23.4 Å². The highest BCUT2D eigenvalue weighted by Gasteiger charge is 2.36. The van der Waals surface area contributed by atoms with E-state index in [1.807, 2.05) is 47.4 Å². The van der Waals surface area contributed by atoms with Crippen LogP contribution in [0.2, 0.25) is 0 Å². The van der Waals surface area contributed by atoms with E-state index in [0.29, 0.717) is 48.0 Å². The van der Waals surface area contributed by atoms with Crippen molar-refractivity contribution in [2.75, 3.05) is 31.1 Å². The van der Waals surface area contributed by atoms with E-state index in [1.54, 1.807) is 31.0 Å². The Morgan fingerprint density at radius 2 is 1.40 bits per heavy atom. The van der Waals surface area contributed by atoms with Crippen LogP contribution in [0.3, 0.4) is 0 Å². The maximum absolute atomic E-state index is 13.1. The van der Waals surface area contributed by atoms with E-state index < -0.39 is 18.2 Å². The number of hydrogen-bond acceptors (Lipinski definition) is 10. The summed E-state index contributed by atoms with van der Waals surface area (Å²) in [6.45, 7) is 26.3. The number of fused-ring (bicyclic) bond motifs is 2. The number of anilines is 1. The largest absolute Gasteiger partial charge is 0.451 e. The topological polar surface area (TPSA) is 118 Å². The maximum atomic E-state index is 13.1. The molecule has 0 bridgehead atoms. The van der Waals surface area contributed by atoms with Gasteiger partial charge >= 0.3 is 6.18 Å². The van der Waals surface area contributed by atoms with Crippen molar-refractivity contribution in [3.8, 4) is 0 Å². The molecule has 1 saturated carbocycles. The van der Waals surface area contributed by atoms with Gasteiger partial charge in [-0.05, 0) is 80.9 Å². The molecule has 3 aliphatic rings. The normalized spacial score (nSPS) is 16.9. The highest BCUT2D eigenvalue weighted by molar-refractivity contribution is 5.47. The maximum Gasteiger partial charge on any atom is 0.451 e. The molecule has 340 valence electrons. The van der Waals surface area contributed by atoms with Gasteiger partial charge in [-0.2, -0.15) is 23.4 Å². The molecule has 12 nitrogen and oxygen atoms in total. The highest BCUT2D eigenvalue weighted by Crippen LogP contribution is 2.39. The Labute approximate surface area is 369 Å². The van der Waals surface area contributed by atoms with Gasteiger partial charge in [-0.15, -0.1) is 0 Å². The van der Waals surface area contributed by atoms with E-state index in [-0.39, 0.29) is 19.0 Å². The summed E-state index contributed by atoms with van der Waals surface area (Å²) in [6.07, 6.45) is 2.98. The Kier molecular flexibility index (Phi) is 15.1. The van der Waals surface area contributed by atoms with Crippen molar-refractivity contribution in [2.24, 2.45) is 5.92 Å². The lowest BCUT2D eigenvalue weighted by Crippen LogP contribution is -2.45. The Bertz CT molecular complexity index is 2410. The van der Waals surface area contributed by atoms with E-state index in [4.69, 9.17) is 9.97 Å². The van der Waals surface area contributed by atoms with Crippen LogP contribution in [0.15, 0.2) is 48.9 Å². The Morgan fingerprint density at radius 1 is 0.714 bits per heavy atom. The standard InChI is InChI=1S/C14H21N3.C13H17F4N3.C11H15N3.C9H11N3/c1-9(2)12-6-13(17-7-10(3)8-17)16-14(15-12)11-4-5-11;1-8(2)11-5-10(7-20-4-3-9(14)6-20)18-12(19-11)13(15,16)17;1-7(2)10-5-9(4)13-11-8(3)6-12-14(10)11;1-7(2)8-3-5-10-9-4-6-11-12(8)9/h6,9-11H,4-5,7-8H2,1-3H3;5,8-9H,3-4,6-7H2,1-2H3;5-7H,1-4H3;3-7H,1-2H3. The van der Waals surface area contributed by atoms with Crippen molar-refractivity contribution in [3.05, 3.63) is 100 Å². The summed E-state index contributed by atoms with van der Waals surface area (Å²) < 4.78 is 55.3. The van der Waals surface area contributed by atoms with Crippen LogP contribution in [0.25, 0.3) is 11.3 Å². The van der Waals surface area contributed by atoms with E-state index in [9.17, 15) is 17.6 Å². The average Bonchev–Trinajstić information content (AvgIpc) is 3.64. The molecule has 16 heteroatoms. The number of halogens is 4. The summed E-state index contributed by atoms with van der Waals surface area (Å²) >= 11 is 0. The van der Waals surface area contributed by atoms with Gasteiger partial charge in [-0.1, -0.05) is 62.3 Å². The molecule has 3 fully saturated rings. The lowest BCUT2D eigenvalue weighted by Gasteiger charge is -2.38. The van der Waals surface area contributed by atoms with Gasteiger partial charge in [-0.3, -0.25) is 4.90 Å². The third-order valence-corrected chi connectivity index (χ3v) is 11.2. The summed E-state index contributed by atoms with van der Waals surface area (Å²) in [5.41, 5.74) is 8.38. The van der Waals surface area contributed by atoms with Gasteiger partial charge in [0, 0.05) is 91.0 Å². The molecule has 6 aromatic rings. The fourth-order valence-corrected chi connectivity index (χ4v) is 7.44. The summed E-state index contributed by atoms with van der Waals surface area (Å²) in [5, 5.41) is 8.53. The third-order valence-electron chi connectivity index (χ3n) is 11.2. The number of aryl methyl sites for hydroxylation is 2. The molecule has 1 atom stereocenters. The van der Waals surface area contributed by atoms with Crippen molar-refractivity contribution in [2.45, 2.75) is 144 Å². The van der Waals surface area contributed by atoms with Crippen LogP contribution in [0.5, 0.6) is 0 Å². The van der Waals surface area contributed by atoms with Gasteiger partial charge in [0.2, 0.25) is 5.82 Å². The van der Waals surface area contributed by atoms with E-state index in [0.717, 1.165) is 53.2 Å². The molecule has 1 unspecified atom stereocenters. The van der Waals surface area contributed by atoms with Gasteiger partial charge in [-0.25, -0.2) is 43.3 Å². The molecule has 0 N–H and O–H groups in total. The minimum Gasteiger partial charge on any atom is -0.356 e. The highest BCUT2D eigenvalue weighted by atomic mass is 19.4. The van der Waals surface area contributed by atoms with E-state index in [1.165, 1.54) is 29.9 Å². The summed E-state index contributed by atoms with van der Waals surface area (Å²) in [7, 11) is 0. The SMILES string of the molecule is CC(C)c1cc(CN2CCC(F)C2)nc(C(F)(F)F)n1.CC(C)c1ccnc2ccnn12.CC1CN(c2cc(C(C)C)nc(C3CC3)n2)C1.Cc1cc(C(C)C)n2ncc(C)c2n1. The molecule has 8 heterocycles. The molecular formula is C47H64F4N12. The summed E-state index contributed by atoms with van der Waals surface area (Å²) in [6, 6.07) is 9.77. The van der Waals surface area contributed by atoms with Crippen molar-refractivity contribution < 1.29 is 17.6 Å². The zero-order valence-corrected chi connectivity index (χ0v) is 38.7. The first-order valence-electron chi connectivity index (χ1n) is 22.3. The lowest BCUT2D eigenvalue weighted by molar-refractivity contribution is -0.145. The quantitative estimate of drug-likeness (QED) is 0.137. The molecule has 9 rings (SSSR count). The zero-order valence-electron chi connectivity index (χ0n) is 38.7. The predicted octanol–water partition coefficient (Wildman–Crippen LogP) is 10.4. The van der Waals surface area contributed by atoms with Gasteiger partial charge in [0.15, 0.2) is 11.3 Å². The van der Waals surface area contributed by atoms with Crippen LogP contribution in [0, 0.1) is 19.8 Å². The molecular weight excluding hydrogens is 809 g/mol. The van der Waals surface area contributed by atoms with Crippen LogP contribution >= 0.6 is 0 Å². The average molecular weight is 873 g/mol. The smallest absolute Gasteiger partial charge is 0.356 e. The molecule has 0 amide bonds. The fourth-order valence-electron chi connectivity index (χ4n) is 7.44. The summed E-state index contributed by atoms with van der Waals surface area (Å²) in [5.74, 6) is 3.92. The Hall–Kier alpha value is -5.12. The second-order valence-electron chi connectivity index (χ2n) is 18.5. The second-order valence-corrected chi connectivity index (χ2v) is 18.5. The molecule has 2 aliphatic heterocycles. The lowest BCUT2D eigenvalue weighted by atomic mass is 10.0. The molecule has 63 heavy (non-hydrogen) atoms. The van der Waals surface area contributed by atoms with E-state index >= 15 is 0 Å². The van der Waals surface area contributed by atoms with Crippen LogP contribution in [-0.2, 0) is 12.7 Å². The molecule has 0 spiro atoms. The first-order chi connectivity index (χ1) is 29.8. The van der Waals surface area contributed by atoms with Crippen molar-refractivity contribution in [1.29, 1.82) is 0 Å². The zero-order chi connectivity index (χ0) is 45.7. The summed E-state index contributed by atoms with van der Waals surface area (Å²) in [4.78, 5) is 29.4. The van der Waals surface area contributed by atoms with Crippen molar-refractivity contribution >= 4 is 17.1 Å². The first-order valence-corrected chi connectivity index (χ1v) is 22.3. The third kappa shape index (κ3) is 12.3. The fraction of sp³-hybridized carbons (Fsp3) is 0.574. The molecule has 1 aliphatic carbocycles. The van der Waals surface area contributed by atoms with E-state index in [2.05, 4.69) is 95.6 Å². The van der Waals surface area contributed by atoms with Gasteiger partial charge in [0.1, 0.15) is 17.8 Å². The number of rotatable bonds is 8. The van der Waals surface area contributed by atoms with Crippen LogP contribution in [0.1, 0.15) is 163 Å². The molecule has 6 aromatic heterocycles. The van der Waals surface area contributed by atoms with Crippen molar-refractivity contribution in [1.82, 2.24) is 54.0 Å². The number of hydrogen-bond donors (Lipinski definition) is 0. The number of alkyl halides is 4. The van der Waals surface area contributed by atoms with Crippen LogP contribution < -0.4 is 4.90 Å². The molecule has 0 aromatic carbocycles. The second kappa shape index (κ2) is 20.2. The Morgan fingerprint density at radius 3 is 1.98 bits per heavy atom. The van der Waals surface area contributed by atoms with Crippen LogP contribution in [-0.4, -0.2) is 86.4 Å². The minimum atomic E-state index is -4.56. The van der Waals surface area contributed by atoms with Crippen molar-refractivity contribution in [3.63, 3.8) is 0 Å². The first kappa shape index (κ1) is 47.4. The number of likely N-dealkylation sites (tertiary alicyclic amines) is 1. The molecule has 2 saturated heterocycles. The molecule has 0 radical (unpaired) electrons.